The molecule has 0 radical (unpaired) electrons. The number of carbonyl (C=O) groups excluding carboxylic acids is 1. The molecule has 1 amide bonds. The molecule has 2 aromatic rings. The van der Waals surface area contributed by atoms with Gasteiger partial charge in [-0.25, -0.2) is 4.98 Å². The number of benzene rings is 1. The van der Waals surface area contributed by atoms with Crippen molar-refractivity contribution < 1.29 is 31.1 Å². The highest BCUT2D eigenvalue weighted by Gasteiger charge is 2.43. The van der Waals surface area contributed by atoms with E-state index < -0.39 is 35.4 Å². The van der Waals surface area contributed by atoms with Crippen LogP contribution in [0, 0.1) is 11.3 Å². The van der Waals surface area contributed by atoms with Gasteiger partial charge in [0, 0.05) is 6.20 Å². The molecule has 0 saturated carbocycles. The lowest BCUT2D eigenvalue weighted by Gasteiger charge is -2.41. The van der Waals surface area contributed by atoms with Gasteiger partial charge in [-0.3, -0.25) is 9.69 Å². The molecule has 1 saturated heterocycles. The molecule has 1 fully saturated rings. The first kappa shape index (κ1) is 26.0. The highest BCUT2D eigenvalue weighted by molar-refractivity contribution is 5.97. The summed E-state index contributed by atoms with van der Waals surface area (Å²) in [7, 11) is 0. The summed E-state index contributed by atoms with van der Waals surface area (Å²) in [6.45, 7) is 4.68. The van der Waals surface area contributed by atoms with Crippen LogP contribution in [0.1, 0.15) is 49.8 Å². The number of aromatic nitrogens is 1. The van der Waals surface area contributed by atoms with Gasteiger partial charge >= 0.3 is 12.4 Å². The number of rotatable bonds is 6. The molecule has 0 aliphatic carbocycles. The number of alkyl halides is 6. The highest BCUT2D eigenvalue weighted by atomic mass is 19.4. The van der Waals surface area contributed by atoms with Gasteiger partial charge in [0.05, 0.1) is 23.1 Å². The van der Waals surface area contributed by atoms with Crippen molar-refractivity contribution in [3.63, 3.8) is 0 Å². The van der Waals surface area contributed by atoms with Crippen molar-refractivity contribution in [3.8, 4) is 0 Å². The van der Waals surface area contributed by atoms with E-state index in [4.69, 9.17) is 0 Å². The first-order valence-electron chi connectivity index (χ1n) is 11.0. The van der Waals surface area contributed by atoms with Gasteiger partial charge in [-0.2, -0.15) is 26.3 Å². The molecule has 186 valence electrons. The van der Waals surface area contributed by atoms with Gasteiger partial charge < -0.3 is 5.32 Å². The van der Waals surface area contributed by atoms with Crippen LogP contribution in [-0.4, -0.2) is 24.0 Å². The predicted molar refractivity (Wildman–Crippen MR) is 116 cm³/mol. The quantitative estimate of drug-likeness (QED) is 0.503. The normalized spacial score (nSPS) is 16.5. The first-order chi connectivity index (χ1) is 15.8. The van der Waals surface area contributed by atoms with E-state index in [0.717, 1.165) is 0 Å². The fourth-order valence-corrected chi connectivity index (χ4v) is 4.54. The Morgan fingerprint density at radius 1 is 1.03 bits per heavy atom. The Bertz CT molecular complexity index is 950. The maximum absolute atomic E-state index is 13.9. The Hall–Kier alpha value is -2.62. The summed E-state index contributed by atoms with van der Waals surface area (Å²) in [5, 5.41) is 3.21. The van der Waals surface area contributed by atoms with Crippen LogP contribution in [0.4, 0.5) is 32.2 Å². The van der Waals surface area contributed by atoms with Gasteiger partial charge in [0.2, 0.25) is 5.91 Å². The molecule has 1 aliphatic rings. The molecule has 0 spiro atoms. The van der Waals surface area contributed by atoms with E-state index in [1.54, 1.807) is 12.1 Å². The van der Waals surface area contributed by atoms with Gasteiger partial charge in [0.1, 0.15) is 5.82 Å². The third-order valence-electron chi connectivity index (χ3n) is 5.97. The number of anilines is 1. The summed E-state index contributed by atoms with van der Waals surface area (Å²) in [5.74, 6) is 0.00512. The Kier molecular flexibility index (Phi) is 7.59. The lowest BCUT2D eigenvalue weighted by atomic mass is 9.72. The second kappa shape index (κ2) is 9.93. The molecule has 34 heavy (non-hydrogen) atoms. The molecule has 0 unspecified atom stereocenters. The number of amides is 1. The molecule has 4 nitrogen and oxygen atoms in total. The zero-order valence-electron chi connectivity index (χ0n) is 18.9. The molecule has 2 heterocycles. The molecule has 0 bridgehead atoms. The Morgan fingerprint density at radius 3 is 2.09 bits per heavy atom. The van der Waals surface area contributed by atoms with Crippen LogP contribution < -0.4 is 10.2 Å². The number of nitrogens with zero attached hydrogens (tertiary/aromatic N) is 2. The van der Waals surface area contributed by atoms with Gasteiger partial charge in [0.15, 0.2) is 0 Å². The van der Waals surface area contributed by atoms with Crippen molar-refractivity contribution in [1.29, 1.82) is 0 Å². The smallest absolute Gasteiger partial charge is 0.317 e. The van der Waals surface area contributed by atoms with Crippen LogP contribution in [-0.2, 0) is 23.7 Å². The molecule has 10 heteroatoms. The fourth-order valence-electron chi connectivity index (χ4n) is 4.54. The van der Waals surface area contributed by atoms with Gasteiger partial charge in [-0.05, 0) is 74.2 Å². The molecule has 3 rings (SSSR count). The Morgan fingerprint density at radius 2 is 1.62 bits per heavy atom. The van der Waals surface area contributed by atoms with Crippen LogP contribution in [0.3, 0.4) is 0 Å². The average molecular weight is 487 g/mol. The first-order valence-corrected chi connectivity index (χ1v) is 11.0. The van der Waals surface area contributed by atoms with Crippen molar-refractivity contribution in [1.82, 2.24) is 10.3 Å². The zero-order chi connectivity index (χ0) is 25.1. The highest BCUT2D eigenvalue weighted by Crippen LogP contribution is 2.40. The van der Waals surface area contributed by atoms with E-state index in [9.17, 15) is 31.1 Å². The lowest BCUT2D eigenvalue weighted by molar-refractivity contribution is -0.143. The van der Waals surface area contributed by atoms with Crippen molar-refractivity contribution >= 4 is 11.7 Å². The molecule has 0 atom stereocenters. The third kappa shape index (κ3) is 6.08. The summed E-state index contributed by atoms with van der Waals surface area (Å²) in [6.07, 6.45) is -6.92. The minimum Gasteiger partial charge on any atom is -0.317 e. The maximum atomic E-state index is 13.9. The average Bonchev–Trinajstić information content (AvgIpc) is 2.76. The van der Waals surface area contributed by atoms with E-state index >= 15 is 0 Å². The van der Waals surface area contributed by atoms with Crippen molar-refractivity contribution in [3.05, 3.63) is 59.3 Å². The van der Waals surface area contributed by atoms with E-state index in [0.29, 0.717) is 44.5 Å². The van der Waals surface area contributed by atoms with Crippen molar-refractivity contribution in [2.24, 2.45) is 11.3 Å². The molecule has 1 aromatic heterocycles. The molecule has 1 aromatic carbocycles. The fraction of sp³-hybridized carbons (Fsp3) is 0.500. The number of hydrogen-bond donors (Lipinski definition) is 1. The third-order valence-corrected chi connectivity index (χ3v) is 5.97. The van der Waals surface area contributed by atoms with Gasteiger partial charge in [-0.1, -0.05) is 19.9 Å². The van der Waals surface area contributed by atoms with Crippen LogP contribution in [0.15, 0.2) is 42.6 Å². The van der Waals surface area contributed by atoms with Crippen LogP contribution in [0.25, 0.3) is 0 Å². The van der Waals surface area contributed by atoms with Gasteiger partial charge in [0.25, 0.3) is 0 Å². The summed E-state index contributed by atoms with van der Waals surface area (Å²) in [4.78, 5) is 19.4. The number of hydrogen-bond acceptors (Lipinski definition) is 3. The number of carbonyl (C=O) groups is 1. The maximum Gasteiger partial charge on any atom is 0.416 e. The minimum atomic E-state index is -4.97. The standard InChI is InChI=1S/C24H27F6N3O/c1-16(2)14-22(6-9-31-10-7-22)21(34)33(20-5-3-4-8-32-20)15-17-11-18(23(25,26)27)13-19(12-17)24(28,29)30/h3-5,8,11-13,16,31H,6-7,9-10,14-15H2,1-2H3. The largest absolute Gasteiger partial charge is 0.416 e. The number of halogens is 6. The van der Waals surface area contributed by atoms with Crippen LogP contribution >= 0.6 is 0 Å². The summed E-state index contributed by atoms with van der Waals surface area (Å²) in [5.41, 5.74) is -3.88. The minimum absolute atomic E-state index is 0.0868. The second-order valence-corrected chi connectivity index (χ2v) is 9.12. The molecular formula is C24H27F6N3O. The van der Waals surface area contributed by atoms with Gasteiger partial charge in [-0.15, -0.1) is 0 Å². The van der Waals surface area contributed by atoms with Crippen LogP contribution in [0.2, 0.25) is 0 Å². The monoisotopic (exact) mass is 487 g/mol. The summed E-state index contributed by atoms with van der Waals surface area (Å²) in [6, 6.07) is 6.18. The van der Waals surface area contributed by atoms with E-state index in [1.165, 1.54) is 17.2 Å². The molecular weight excluding hydrogens is 460 g/mol. The zero-order valence-corrected chi connectivity index (χ0v) is 18.9. The predicted octanol–water partition coefficient (Wildman–Crippen LogP) is 6.07. The molecule has 1 N–H and O–H groups in total. The summed E-state index contributed by atoms with van der Waals surface area (Å²) < 4.78 is 80.3. The lowest BCUT2D eigenvalue weighted by Crippen LogP contribution is -2.50. The number of pyridine rings is 1. The number of piperidine rings is 1. The summed E-state index contributed by atoms with van der Waals surface area (Å²) >= 11 is 0. The topological polar surface area (TPSA) is 45.2 Å². The van der Waals surface area contributed by atoms with E-state index in [1.807, 2.05) is 13.8 Å². The van der Waals surface area contributed by atoms with E-state index in [2.05, 4.69) is 10.3 Å². The number of nitrogens with one attached hydrogen (secondary N) is 1. The SMILES string of the molecule is CC(C)CC1(C(=O)N(Cc2cc(C(F)(F)F)cc(C(F)(F)F)c2)c2ccccn2)CCNCC1. The Labute approximate surface area is 194 Å². The van der Waals surface area contributed by atoms with Crippen LogP contribution in [0.5, 0.6) is 0 Å². The van der Waals surface area contributed by atoms with Crippen molar-refractivity contribution in [2.45, 2.75) is 52.0 Å². The molecule has 1 aliphatic heterocycles. The van der Waals surface area contributed by atoms with Crippen molar-refractivity contribution in [2.75, 3.05) is 18.0 Å². The van der Waals surface area contributed by atoms with E-state index in [-0.39, 0.29) is 29.3 Å². The Balaban J connectivity index is 2.09. The second-order valence-electron chi connectivity index (χ2n) is 9.12.